The molecule has 0 atom stereocenters. The van der Waals surface area contributed by atoms with E-state index in [2.05, 4.69) is 5.32 Å². The molecule has 0 bridgehead atoms. The van der Waals surface area contributed by atoms with Gasteiger partial charge >= 0.3 is 0 Å². The highest BCUT2D eigenvalue weighted by Gasteiger charge is 2.38. The Balaban J connectivity index is 2.20. The van der Waals surface area contributed by atoms with E-state index >= 15 is 0 Å². The van der Waals surface area contributed by atoms with Gasteiger partial charge in [-0.15, -0.1) is 0 Å². The van der Waals surface area contributed by atoms with Crippen molar-refractivity contribution in [1.82, 2.24) is 5.32 Å². The maximum Gasteiger partial charge on any atom is 0.283 e. The third kappa shape index (κ3) is 1.29. The Kier molecular flexibility index (Phi) is 2.07. The van der Waals surface area contributed by atoms with Crippen LogP contribution < -0.4 is 10.2 Å². The van der Waals surface area contributed by atoms with Crippen molar-refractivity contribution in [2.45, 2.75) is 12.8 Å². The van der Waals surface area contributed by atoms with Gasteiger partial charge in [0.2, 0.25) is 11.8 Å². The molecule has 6 heteroatoms. The zero-order valence-corrected chi connectivity index (χ0v) is 9.17. The molecule has 0 saturated carbocycles. The molecule has 1 fully saturated rings. The number of hydrogen-bond acceptors (Lipinski definition) is 4. The van der Waals surface area contributed by atoms with Crippen LogP contribution in [0.25, 0.3) is 0 Å². The van der Waals surface area contributed by atoms with Gasteiger partial charge < -0.3 is 0 Å². The van der Waals surface area contributed by atoms with Crippen molar-refractivity contribution in [3.05, 3.63) is 29.3 Å². The summed E-state index contributed by atoms with van der Waals surface area (Å²) >= 11 is 0. The van der Waals surface area contributed by atoms with Gasteiger partial charge in [-0.1, -0.05) is 6.07 Å². The highest BCUT2D eigenvalue weighted by Crippen LogP contribution is 2.31. The molecule has 0 aromatic heterocycles. The van der Waals surface area contributed by atoms with Crippen molar-refractivity contribution in [2.75, 3.05) is 4.90 Å². The molecule has 2 aliphatic heterocycles. The normalized spacial score (nSPS) is 18.3. The molecule has 4 amide bonds. The summed E-state index contributed by atoms with van der Waals surface area (Å²) in [6.07, 6.45) is 0.254. The quantitative estimate of drug-likeness (QED) is 0.661. The lowest BCUT2D eigenvalue weighted by Crippen LogP contribution is -2.30. The Morgan fingerprint density at radius 2 is 1.61 bits per heavy atom. The number of amides is 4. The number of rotatable bonds is 1. The van der Waals surface area contributed by atoms with Gasteiger partial charge in [0.15, 0.2) is 0 Å². The summed E-state index contributed by atoms with van der Waals surface area (Å²) in [6, 6.07) is 4.46. The van der Waals surface area contributed by atoms with Crippen LogP contribution in [0.15, 0.2) is 18.2 Å². The largest absolute Gasteiger partial charge is 0.283 e. The number of carbonyl (C=O) groups excluding carboxylic acids is 4. The molecule has 2 heterocycles. The predicted molar refractivity (Wildman–Crippen MR) is 59.0 cm³/mol. The van der Waals surface area contributed by atoms with E-state index in [1.54, 1.807) is 0 Å². The lowest BCUT2D eigenvalue weighted by molar-refractivity contribution is -0.121. The molecule has 0 spiro atoms. The fourth-order valence-electron chi connectivity index (χ4n) is 2.18. The van der Waals surface area contributed by atoms with Gasteiger partial charge in [-0.2, -0.15) is 5.32 Å². The molecule has 1 radical (unpaired) electrons. The van der Waals surface area contributed by atoms with Gasteiger partial charge in [-0.25, -0.2) is 4.90 Å². The molecule has 3 rings (SSSR count). The molecule has 2 aliphatic rings. The first-order valence-corrected chi connectivity index (χ1v) is 5.39. The summed E-state index contributed by atoms with van der Waals surface area (Å²) < 4.78 is 0. The third-order valence-corrected chi connectivity index (χ3v) is 2.98. The van der Waals surface area contributed by atoms with Gasteiger partial charge in [-0.05, 0) is 12.1 Å². The van der Waals surface area contributed by atoms with E-state index in [1.807, 2.05) is 0 Å². The number of fused-ring (bicyclic) bond motifs is 1. The van der Waals surface area contributed by atoms with Gasteiger partial charge in [0, 0.05) is 12.8 Å². The second-order valence-corrected chi connectivity index (χ2v) is 4.04. The van der Waals surface area contributed by atoms with Crippen LogP contribution in [0, 0.1) is 0 Å². The Bertz CT molecular complexity index is 605. The fourth-order valence-corrected chi connectivity index (χ4v) is 2.18. The first-order valence-electron chi connectivity index (χ1n) is 5.39. The van der Waals surface area contributed by atoms with Gasteiger partial charge in [0.05, 0.1) is 16.8 Å². The molecule has 18 heavy (non-hydrogen) atoms. The second-order valence-electron chi connectivity index (χ2n) is 4.04. The maximum atomic E-state index is 11.7. The zero-order chi connectivity index (χ0) is 12.9. The minimum atomic E-state index is -0.696. The molecule has 1 aromatic rings. The molecule has 0 unspecified atom stereocenters. The van der Waals surface area contributed by atoms with E-state index in [1.165, 1.54) is 18.2 Å². The molecule has 0 aliphatic carbocycles. The van der Waals surface area contributed by atoms with E-state index in [-0.39, 0.29) is 41.5 Å². The molecule has 1 saturated heterocycles. The number of imide groups is 2. The lowest BCUT2D eigenvalue weighted by Gasteiger charge is -2.15. The monoisotopic (exact) mass is 243 g/mol. The standard InChI is InChI=1S/C12H7N2O4/c15-8-4-5-9(16)14(8)7-3-1-2-6-10(7)12(18)13-11(6)17/h1-3H,4-5H2. The Morgan fingerprint density at radius 1 is 0.944 bits per heavy atom. The van der Waals surface area contributed by atoms with E-state index in [0.717, 1.165) is 4.90 Å². The van der Waals surface area contributed by atoms with Crippen molar-refractivity contribution in [3.8, 4) is 0 Å². The number of anilines is 1. The Morgan fingerprint density at radius 3 is 2.28 bits per heavy atom. The lowest BCUT2D eigenvalue weighted by atomic mass is 10.1. The SMILES string of the molecule is O=C1[N]C(=O)c2c1cccc2N1C(=O)CCC1=O. The van der Waals surface area contributed by atoms with Crippen molar-refractivity contribution in [3.63, 3.8) is 0 Å². The van der Waals surface area contributed by atoms with Crippen LogP contribution in [0.3, 0.4) is 0 Å². The van der Waals surface area contributed by atoms with E-state index in [0.29, 0.717) is 0 Å². The van der Waals surface area contributed by atoms with Crippen LogP contribution in [0.2, 0.25) is 0 Å². The van der Waals surface area contributed by atoms with Crippen LogP contribution in [-0.4, -0.2) is 23.6 Å². The topological polar surface area (TPSA) is 85.6 Å². The zero-order valence-electron chi connectivity index (χ0n) is 9.17. The van der Waals surface area contributed by atoms with Crippen molar-refractivity contribution in [2.24, 2.45) is 0 Å². The summed E-state index contributed by atoms with van der Waals surface area (Å²) in [5, 5.41) is 3.31. The number of carbonyl (C=O) groups is 4. The van der Waals surface area contributed by atoms with Crippen LogP contribution in [0.4, 0.5) is 5.69 Å². The molecule has 6 nitrogen and oxygen atoms in total. The first-order chi connectivity index (χ1) is 8.59. The third-order valence-electron chi connectivity index (χ3n) is 2.98. The highest BCUT2D eigenvalue weighted by atomic mass is 16.2. The minimum Gasteiger partial charge on any atom is -0.274 e. The maximum absolute atomic E-state index is 11.7. The number of benzene rings is 1. The Labute approximate surface area is 102 Å². The minimum absolute atomic E-state index is 0.0473. The van der Waals surface area contributed by atoms with Crippen LogP contribution in [0.5, 0.6) is 0 Å². The smallest absolute Gasteiger partial charge is 0.274 e. The second kappa shape index (κ2) is 3.49. The van der Waals surface area contributed by atoms with E-state index in [9.17, 15) is 19.2 Å². The van der Waals surface area contributed by atoms with E-state index < -0.39 is 11.8 Å². The molecular weight excluding hydrogens is 236 g/mol. The highest BCUT2D eigenvalue weighted by molar-refractivity contribution is 6.28. The molecule has 1 aromatic carbocycles. The summed E-state index contributed by atoms with van der Waals surface area (Å²) in [5.74, 6) is -2.05. The van der Waals surface area contributed by atoms with E-state index in [4.69, 9.17) is 0 Å². The van der Waals surface area contributed by atoms with Crippen molar-refractivity contribution in [1.29, 1.82) is 0 Å². The molecule has 89 valence electrons. The summed E-state index contributed by atoms with van der Waals surface area (Å²) in [5.41, 5.74) is 0.357. The predicted octanol–water partition coefficient (Wildman–Crippen LogP) is 0.238. The Hall–Kier alpha value is -2.50. The van der Waals surface area contributed by atoms with Gasteiger partial charge in [0.1, 0.15) is 0 Å². The number of nitrogens with zero attached hydrogens (tertiary/aromatic N) is 2. The molecular formula is C12H7N2O4. The molecule has 0 N–H and O–H groups in total. The average molecular weight is 243 g/mol. The summed E-state index contributed by atoms with van der Waals surface area (Å²) in [7, 11) is 0. The van der Waals surface area contributed by atoms with Gasteiger partial charge in [0.25, 0.3) is 11.8 Å². The van der Waals surface area contributed by atoms with Crippen LogP contribution in [0.1, 0.15) is 33.6 Å². The number of hydrogen-bond donors (Lipinski definition) is 0. The summed E-state index contributed by atoms with van der Waals surface area (Å²) in [4.78, 5) is 47.3. The van der Waals surface area contributed by atoms with Crippen molar-refractivity contribution < 1.29 is 19.2 Å². The van der Waals surface area contributed by atoms with Crippen LogP contribution in [-0.2, 0) is 9.59 Å². The van der Waals surface area contributed by atoms with Crippen LogP contribution >= 0.6 is 0 Å². The van der Waals surface area contributed by atoms with Gasteiger partial charge in [-0.3, -0.25) is 19.2 Å². The first kappa shape index (κ1) is 10.6. The summed E-state index contributed by atoms with van der Waals surface area (Å²) in [6.45, 7) is 0. The average Bonchev–Trinajstić information content (AvgIpc) is 2.81. The van der Waals surface area contributed by atoms with Crippen molar-refractivity contribution >= 4 is 29.3 Å². The fraction of sp³-hybridized carbons (Fsp3) is 0.167.